The van der Waals surface area contributed by atoms with E-state index in [1.165, 1.54) is 0 Å². The first-order chi connectivity index (χ1) is 9.49. The minimum absolute atomic E-state index is 0.103. The van der Waals surface area contributed by atoms with Crippen LogP contribution in [0.15, 0.2) is 18.2 Å². The van der Waals surface area contributed by atoms with Crippen molar-refractivity contribution < 1.29 is 4.79 Å². The summed E-state index contributed by atoms with van der Waals surface area (Å²) in [5.41, 5.74) is 7.09. The molecule has 1 amide bonds. The minimum Gasteiger partial charge on any atom is -0.389 e. The topological polar surface area (TPSA) is 58.4 Å². The van der Waals surface area contributed by atoms with E-state index in [2.05, 4.69) is 5.32 Å². The highest BCUT2D eigenvalue weighted by Gasteiger charge is 2.23. The summed E-state index contributed by atoms with van der Waals surface area (Å²) in [6.45, 7) is 3.53. The summed E-state index contributed by atoms with van der Waals surface area (Å²) in [4.78, 5) is 14.4. The van der Waals surface area contributed by atoms with Crippen molar-refractivity contribution in [3.05, 3.63) is 28.8 Å². The van der Waals surface area contributed by atoms with Crippen LogP contribution in [-0.4, -0.2) is 34.9 Å². The lowest BCUT2D eigenvalue weighted by molar-refractivity contribution is -0.130. The van der Waals surface area contributed by atoms with Gasteiger partial charge in [0.05, 0.1) is 0 Å². The molecule has 1 atom stereocenters. The first kappa shape index (κ1) is 15.1. The zero-order chi connectivity index (χ0) is 14.7. The standard InChI is InChI=1S/C14H18ClN3OS/c1-9(14(19)18-6-2-3-7-18)17-12-5-4-10(15)8-11(12)13(16)20/h4-5,8-9,17H,2-3,6-7H2,1H3,(H2,16,20). The molecule has 1 aliphatic heterocycles. The summed E-state index contributed by atoms with van der Waals surface area (Å²) in [5, 5.41) is 3.74. The molecule has 108 valence electrons. The number of likely N-dealkylation sites (tertiary alicyclic amines) is 1. The molecule has 1 saturated heterocycles. The molecule has 1 aromatic carbocycles. The number of anilines is 1. The van der Waals surface area contributed by atoms with Gasteiger partial charge in [-0.2, -0.15) is 0 Å². The highest BCUT2D eigenvalue weighted by atomic mass is 35.5. The summed E-state index contributed by atoms with van der Waals surface area (Å²) in [6, 6.07) is 4.94. The van der Waals surface area contributed by atoms with Crippen LogP contribution in [0, 0.1) is 0 Å². The Labute approximate surface area is 129 Å². The van der Waals surface area contributed by atoms with E-state index in [1.54, 1.807) is 18.2 Å². The molecular formula is C14H18ClN3OS. The van der Waals surface area contributed by atoms with E-state index in [1.807, 2.05) is 11.8 Å². The first-order valence-electron chi connectivity index (χ1n) is 6.63. The second kappa shape index (κ2) is 6.41. The average Bonchev–Trinajstić information content (AvgIpc) is 2.93. The van der Waals surface area contributed by atoms with Gasteiger partial charge in [-0.15, -0.1) is 0 Å². The molecule has 1 fully saturated rings. The van der Waals surface area contributed by atoms with Crippen LogP contribution in [0.2, 0.25) is 5.02 Å². The lowest BCUT2D eigenvalue weighted by atomic mass is 10.1. The molecule has 0 radical (unpaired) electrons. The number of rotatable bonds is 4. The maximum Gasteiger partial charge on any atom is 0.244 e. The molecule has 20 heavy (non-hydrogen) atoms. The number of nitrogens with zero attached hydrogens (tertiary/aromatic N) is 1. The van der Waals surface area contributed by atoms with E-state index in [4.69, 9.17) is 29.6 Å². The van der Waals surface area contributed by atoms with E-state index in [-0.39, 0.29) is 16.9 Å². The molecule has 1 heterocycles. The molecular weight excluding hydrogens is 294 g/mol. The van der Waals surface area contributed by atoms with E-state index in [9.17, 15) is 4.79 Å². The SMILES string of the molecule is CC(Nc1ccc(Cl)cc1C(N)=S)C(=O)N1CCCC1. The van der Waals surface area contributed by atoms with Crippen molar-refractivity contribution in [1.29, 1.82) is 0 Å². The van der Waals surface area contributed by atoms with Crippen molar-refractivity contribution in [1.82, 2.24) is 4.90 Å². The summed E-state index contributed by atoms with van der Waals surface area (Å²) in [6.07, 6.45) is 2.16. The second-order valence-corrected chi connectivity index (χ2v) is 5.83. The normalized spacial score (nSPS) is 16.0. The Balaban J connectivity index is 2.12. The van der Waals surface area contributed by atoms with Gasteiger partial charge in [0.25, 0.3) is 0 Å². The third-order valence-electron chi connectivity index (χ3n) is 3.41. The maximum absolute atomic E-state index is 12.3. The van der Waals surface area contributed by atoms with Crippen molar-refractivity contribution in [2.45, 2.75) is 25.8 Å². The number of amides is 1. The van der Waals surface area contributed by atoms with Gasteiger partial charge in [0.1, 0.15) is 11.0 Å². The van der Waals surface area contributed by atoms with Gasteiger partial charge in [0.15, 0.2) is 0 Å². The van der Waals surface area contributed by atoms with Gasteiger partial charge in [0.2, 0.25) is 5.91 Å². The van der Waals surface area contributed by atoms with E-state index in [0.29, 0.717) is 10.6 Å². The predicted octanol–water partition coefficient (Wildman–Crippen LogP) is 2.40. The lowest BCUT2D eigenvalue weighted by Crippen LogP contribution is -2.40. The number of nitrogens with one attached hydrogen (secondary N) is 1. The number of halogens is 1. The van der Waals surface area contributed by atoms with Gasteiger partial charge >= 0.3 is 0 Å². The van der Waals surface area contributed by atoms with Gasteiger partial charge in [0, 0.05) is 29.4 Å². The highest BCUT2D eigenvalue weighted by Crippen LogP contribution is 2.22. The fourth-order valence-electron chi connectivity index (χ4n) is 2.35. The fourth-order valence-corrected chi connectivity index (χ4v) is 2.69. The summed E-state index contributed by atoms with van der Waals surface area (Å²) < 4.78 is 0. The summed E-state index contributed by atoms with van der Waals surface area (Å²) in [7, 11) is 0. The van der Waals surface area contributed by atoms with Crippen molar-refractivity contribution in [2.75, 3.05) is 18.4 Å². The monoisotopic (exact) mass is 311 g/mol. The van der Waals surface area contributed by atoms with Crippen LogP contribution in [0.25, 0.3) is 0 Å². The van der Waals surface area contributed by atoms with Crippen LogP contribution in [0.5, 0.6) is 0 Å². The largest absolute Gasteiger partial charge is 0.389 e. The van der Waals surface area contributed by atoms with Crippen molar-refractivity contribution >= 4 is 40.4 Å². The number of hydrogen-bond donors (Lipinski definition) is 2. The predicted molar refractivity (Wildman–Crippen MR) is 86.2 cm³/mol. The first-order valence-corrected chi connectivity index (χ1v) is 7.42. The third-order valence-corrected chi connectivity index (χ3v) is 3.86. The molecule has 4 nitrogen and oxygen atoms in total. The molecule has 2 rings (SSSR count). The Hall–Kier alpha value is -1.33. The number of carbonyl (C=O) groups excluding carboxylic acids is 1. The van der Waals surface area contributed by atoms with Gasteiger partial charge in [-0.1, -0.05) is 23.8 Å². The van der Waals surface area contributed by atoms with Crippen LogP contribution < -0.4 is 11.1 Å². The molecule has 0 spiro atoms. The molecule has 1 aliphatic rings. The number of carbonyl (C=O) groups is 1. The minimum atomic E-state index is -0.317. The Morgan fingerprint density at radius 2 is 2.10 bits per heavy atom. The smallest absolute Gasteiger partial charge is 0.244 e. The van der Waals surface area contributed by atoms with Gasteiger partial charge in [-0.3, -0.25) is 4.79 Å². The fraction of sp³-hybridized carbons (Fsp3) is 0.429. The summed E-state index contributed by atoms with van der Waals surface area (Å²) >= 11 is 11.0. The lowest BCUT2D eigenvalue weighted by Gasteiger charge is -2.23. The Morgan fingerprint density at radius 3 is 2.70 bits per heavy atom. The third kappa shape index (κ3) is 3.41. The summed E-state index contributed by atoms with van der Waals surface area (Å²) in [5.74, 6) is 0.103. The Kier molecular flexibility index (Phi) is 4.83. The van der Waals surface area contributed by atoms with Gasteiger partial charge in [-0.25, -0.2) is 0 Å². The quantitative estimate of drug-likeness (QED) is 0.838. The van der Waals surface area contributed by atoms with Crippen molar-refractivity contribution in [3.8, 4) is 0 Å². The molecule has 0 bridgehead atoms. The number of hydrogen-bond acceptors (Lipinski definition) is 3. The van der Waals surface area contributed by atoms with Crippen LogP contribution in [0.4, 0.5) is 5.69 Å². The maximum atomic E-state index is 12.3. The Morgan fingerprint density at radius 1 is 1.45 bits per heavy atom. The van der Waals surface area contributed by atoms with E-state index >= 15 is 0 Å². The number of benzene rings is 1. The van der Waals surface area contributed by atoms with Crippen LogP contribution in [0.3, 0.4) is 0 Å². The Bertz CT molecular complexity index is 529. The van der Waals surface area contributed by atoms with Crippen molar-refractivity contribution in [2.24, 2.45) is 5.73 Å². The molecule has 1 unspecified atom stereocenters. The molecule has 0 aliphatic carbocycles. The molecule has 6 heteroatoms. The molecule has 0 saturated carbocycles. The zero-order valence-corrected chi connectivity index (χ0v) is 12.9. The zero-order valence-electron chi connectivity index (χ0n) is 11.4. The van der Waals surface area contributed by atoms with Crippen LogP contribution >= 0.6 is 23.8 Å². The van der Waals surface area contributed by atoms with E-state index < -0.39 is 0 Å². The average molecular weight is 312 g/mol. The van der Waals surface area contributed by atoms with Gasteiger partial charge in [-0.05, 0) is 38.0 Å². The van der Waals surface area contributed by atoms with Crippen LogP contribution in [0.1, 0.15) is 25.3 Å². The molecule has 3 N–H and O–H groups in total. The molecule has 0 aromatic heterocycles. The van der Waals surface area contributed by atoms with Crippen LogP contribution in [-0.2, 0) is 4.79 Å². The highest BCUT2D eigenvalue weighted by molar-refractivity contribution is 7.80. The van der Waals surface area contributed by atoms with Gasteiger partial charge < -0.3 is 16.0 Å². The van der Waals surface area contributed by atoms with Crippen molar-refractivity contribution in [3.63, 3.8) is 0 Å². The molecule has 1 aromatic rings. The second-order valence-electron chi connectivity index (χ2n) is 4.95. The van der Waals surface area contributed by atoms with E-state index in [0.717, 1.165) is 31.6 Å². The number of thiocarbonyl (C=S) groups is 1. The number of nitrogens with two attached hydrogens (primary N) is 1.